The molecule has 1 fully saturated rings. The maximum atomic E-state index is 13.5. The van der Waals surface area contributed by atoms with Gasteiger partial charge >= 0.3 is 0 Å². The molecule has 2 heterocycles. The van der Waals surface area contributed by atoms with E-state index in [-0.39, 0.29) is 48.2 Å². The maximum absolute atomic E-state index is 13.5. The smallest absolute Gasteiger partial charge is 0.294 e. The summed E-state index contributed by atoms with van der Waals surface area (Å²) >= 11 is 0. The predicted octanol–water partition coefficient (Wildman–Crippen LogP) is 3.06. The molecule has 1 aromatic carbocycles. The lowest BCUT2D eigenvalue weighted by Gasteiger charge is -2.39. The molecular formula is C26H34N4O6. The molecule has 1 aliphatic heterocycles. The molecule has 3 amide bonds. The number of likely N-dealkylation sites (N-methyl/N-ethyl adjacent to an activating group) is 1. The van der Waals surface area contributed by atoms with Crippen LogP contribution in [-0.4, -0.2) is 78.7 Å². The topological polar surface area (TPSA) is 114 Å². The first-order chi connectivity index (χ1) is 17.3. The number of methoxy groups -OCH3 is 1. The number of carbonyl (C=O) groups is 3. The Labute approximate surface area is 210 Å². The Balaban J connectivity index is 1.63. The standard InChI is InChI=1S/C26H34N4O6/c1-16-13-30(25(32)18-6-5-7-18)17(2)15-35-21-9-8-19(28-24(31)22-10-11-27-36-22)12-20(21)26(33)29(3)14-23(16)34-4/h8-12,16-18,23H,5-7,13-15H2,1-4H3,(H,28,31)/t16-,17-,23-/m1/s1. The molecule has 0 saturated heterocycles. The first kappa shape index (κ1) is 25.7. The summed E-state index contributed by atoms with van der Waals surface area (Å²) < 4.78 is 16.8. The van der Waals surface area contributed by atoms with Gasteiger partial charge in [-0.05, 0) is 38.0 Å². The monoisotopic (exact) mass is 498 g/mol. The highest BCUT2D eigenvalue weighted by atomic mass is 16.5. The van der Waals surface area contributed by atoms with Crippen LogP contribution in [0.4, 0.5) is 5.69 Å². The van der Waals surface area contributed by atoms with Crippen molar-refractivity contribution >= 4 is 23.4 Å². The molecule has 0 bridgehead atoms. The number of carbonyl (C=O) groups excluding carboxylic acids is 3. The highest BCUT2D eigenvalue weighted by Gasteiger charge is 2.35. The van der Waals surface area contributed by atoms with Crippen LogP contribution >= 0.6 is 0 Å². The van der Waals surface area contributed by atoms with Crippen LogP contribution in [0, 0.1) is 11.8 Å². The molecular weight excluding hydrogens is 464 g/mol. The number of hydrogen-bond acceptors (Lipinski definition) is 7. The minimum atomic E-state index is -0.477. The highest BCUT2D eigenvalue weighted by molar-refractivity contribution is 6.04. The fourth-order valence-corrected chi connectivity index (χ4v) is 4.58. The zero-order valence-electron chi connectivity index (χ0n) is 21.2. The molecule has 3 atom stereocenters. The zero-order valence-corrected chi connectivity index (χ0v) is 21.2. The number of rotatable bonds is 4. The number of ether oxygens (including phenoxy) is 2. The van der Waals surface area contributed by atoms with E-state index in [0.29, 0.717) is 30.1 Å². The van der Waals surface area contributed by atoms with Crippen molar-refractivity contribution in [2.75, 3.05) is 39.2 Å². The van der Waals surface area contributed by atoms with Crippen LogP contribution in [0.3, 0.4) is 0 Å². The highest BCUT2D eigenvalue weighted by Crippen LogP contribution is 2.31. The minimum Gasteiger partial charge on any atom is -0.491 e. The van der Waals surface area contributed by atoms with Crippen molar-refractivity contribution in [3.8, 4) is 5.75 Å². The Bertz CT molecular complexity index is 1080. The Kier molecular flexibility index (Phi) is 7.93. The molecule has 1 aliphatic carbocycles. The van der Waals surface area contributed by atoms with Gasteiger partial charge in [0.05, 0.1) is 23.9 Å². The normalized spacial score (nSPS) is 23.6. The second-order valence-electron chi connectivity index (χ2n) is 9.76. The van der Waals surface area contributed by atoms with E-state index in [1.807, 2.05) is 18.7 Å². The van der Waals surface area contributed by atoms with Crippen LogP contribution in [0.15, 0.2) is 35.0 Å². The number of fused-ring (bicyclic) bond motifs is 1. The van der Waals surface area contributed by atoms with Crippen molar-refractivity contribution < 1.29 is 28.4 Å². The molecule has 0 unspecified atom stereocenters. The van der Waals surface area contributed by atoms with E-state index in [1.165, 1.54) is 12.3 Å². The van der Waals surface area contributed by atoms with Gasteiger partial charge in [-0.3, -0.25) is 14.4 Å². The summed E-state index contributed by atoms with van der Waals surface area (Å²) in [4.78, 5) is 42.6. The number of amides is 3. The lowest BCUT2D eigenvalue weighted by atomic mass is 9.83. The van der Waals surface area contributed by atoms with Crippen molar-refractivity contribution in [1.82, 2.24) is 15.0 Å². The van der Waals surface area contributed by atoms with E-state index in [1.54, 1.807) is 37.3 Å². The lowest BCUT2D eigenvalue weighted by Crippen LogP contribution is -2.51. The van der Waals surface area contributed by atoms with Crippen LogP contribution in [0.5, 0.6) is 5.75 Å². The molecule has 1 saturated carbocycles. The number of nitrogens with zero attached hydrogens (tertiary/aromatic N) is 3. The van der Waals surface area contributed by atoms with Crippen molar-refractivity contribution in [3.63, 3.8) is 0 Å². The number of anilines is 1. The van der Waals surface area contributed by atoms with Gasteiger partial charge in [-0.1, -0.05) is 18.5 Å². The average Bonchev–Trinajstić information content (AvgIpc) is 3.37. The van der Waals surface area contributed by atoms with Crippen molar-refractivity contribution in [3.05, 3.63) is 41.8 Å². The first-order valence-corrected chi connectivity index (χ1v) is 12.4. The van der Waals surface area contributed by atoms with Crippen LogP contribution in [0.1, 0.15) is 54.0 Å². The van der Waals surface area contributed by atoms with Gasteiger partial charge in [-0.25, -0.2) is 0 Å². The molecule has 194 valence electrons. The van der Waals surface area contributed by atoms with Crippen LogP contribution in [0.25, 0.3) is 0 Å². The summed E-state index contributed by atoms with van der Waals surface area (Å²) in [5, 5.41) is 6.27. The summed E-state index contributed by atoms with van der Waals surface area (Å²) in [6, 6.07) is 6.17. The van der Waals surface area contributed by atoms with Crippen molar-refractivity contribution in [1.29, 1.82) is 0 Å². The van der Waals surface area contributed by atoms with E-state index >= 15 is 0 Å². The Hall–Kier alpha value is -3.40. The van der Waals surface area contributed by atoms with Gasteiger partial charge in [0, 0.05) is 50.8 Å². The van der Waals surface area contributed by atoms with Gasteiger partial charge in [-0.2, -0.15) is 0 Å². The molecule has 2 aromatic rings. The van der Waals surface area contributed by atoms with E-state index in [2.05, 4.69) is 10.5 Å². The lowest BCUT2D eigenvalue weighted by molar-refractivity contribution is -0.142. The van der Waals surface area contributed by atoms with Gasteiger partial charge < -0.3 is 29.1 Å². The number of aromatic nitrogens is 1. The Morgan fingerprint density at radius 1 is 1.17 bits per heavy atom. The second kappa shape index (κ2) is 11.1. The summed E-state index contributed by atoms with van der Waals surface area (Å²) in [7, 11) is 3.33. The zero-order chi connectivity index (χ0) is 25.8. The molecule has 2 aliphatic rings. The fourth-order valence-electron chi connectivity index (χ4n) is 4.58. The molecule has 1 N–H and O–H groups in total. The van der Waals surface area contributed by atoms with Gasteiger partial charge in [0.1, 0.15) is 12.4 Å². The Morgan fingerprint density at radius 2 is 1.94 bits per heavy atom. The molecule has 0 spiro atoms. The van der Waals surface area contributed by atoms with Gasteiger partial charge in [-0.15, -0.1) is 0 Å². The third kappa shape index (κ3) is 5.53. The fraction of sp³-hybridized carbons (Fsp3) is 0.538. The summed E-state index contributed by atoms with van der Waals surface area (Å²) in [6.45, 7) is 5.11. The van der Waals surface area contributed by atoms with Gasteiger partial charge in [0.2, 0.25) is 11.7 Å². The van der Waals surface area contributed by atoms with Gasteiger partial charge in [0.25, 0.3) is 11.8 Å². The minimum absolute atomic E-state index is 0.00292. The van der Waals surface area contributed by atoms with Crippen molar-refractivity contribution in [2.24, 2.45) is 11.8 Å². The summed E-state index contributed by atoms with van der Waals surface area (Å²) in [5.41, 5.74) is 0.721. The first-order valence-electron chi connectivity index (χ1n) is 12.4. The molecule has 36 heavy (non-hydrogen) atoms. The molecule has 0 radical (unpaired) electrons. The van der Waals surface area contributed by atoms with E-state index in [4.69, 9.17) is 14.0 Å². The number of benzene rings is 1. The average molecular weight is 499 g/mol. The van der Waals surface area contributed by atoms with Gasteiger partial charge in [0.15, 0.2) is 0 Å². The molecule has 10 nitrogen and oxygen atoms in total. The third-order valence-electron chi connectivity index (χ3n) is 7.10. The molecule has 1 aromatic heterocycles. The van der Waals surface area contributed by atoms with E-state index in [0.717, 1.165) is 19.3 Å². The molecule has 4 rings (SSSR count). The van der Waals surface area contributed by atoms with E-state index < -0.39 is 5.91 Å². The summed E-state index contributed by atoms with van der Waals surface area (Å²) in [5.74, 6) is -0.0607. The predicted molar refractivity (Wildman–Crippen MR) is 132 cm³/mol. The van der Waals surface area contributed by atoms with E-state index in [9.17, 15) is 14.4 Å². The SMILES string of the molecule is CO[C@@H]1CN(C)C(=O)c2cc(NC(=O)c3ccno3)ccc2OC[C@@H](C)N(C(=O)C2CCC2)C[C@H]1C. The number of hydrogen-bond donors (Lipinski definition) is 1. The quantitative estimate of drug-likeness (QED) is 0.689. The largest absolute Gasteiger partial charge is 0.491 e. The van der Waals surface area contributed by atoms with Crippen molar-refractivity contribution in [2.45, 2.75) is 45.3 Å². The van der Waals surface area contributed by atoms with Crippen LogP contribution < -0.4 is 10.1 Å². The third-order valence-corrected chi connectivity index (χ3v) is 7.10. The Morgan fingerprint density at radius 3 is 2.58 bits per heavy atom. The van der Waals surface area contributed by atoms with Crippen LogP contribution in [-0.2, 0) is 9.53 Å². The summed E-state index contributed by atoms with van der Waals surface area (Å²) in [6.07, 6.45) is 4.05. The molecule has 10 heteroatoms. The van der Waals surface area contributed by atoms with Crippen LogP contribution in [0.2, 0.25) is 0 Å². The maximum Gasteiger partial charge on any atom is 0.294 e. The number of nitrogens with one attached hydrogen (secondary N) is 1. The second-order valence-corrected chi connectivity index (χ2v) is 9.76.